The number of allylic oxidation sites excluding steroid dienone is 2. The summed E-state index contributed by atoms with van der Waals surface area (Å²) in [4.78, 5) is 25.4. The van der Waals surface area contributed by atoms with Crippen molar-refractivity contribution >= 4 is 22.7 Å². The van der Waals surface area contributed by atoms with E-state index in [1.807, 2.05) is 0 Å². The summed E-state index contributed by atoms with van der Waals surface area (Å²) in [5.41, 5.74) is 1.14. The van der Waals surface area contributed by atoms with Crippen molar-refractivity contribution in [2.24, 2.45) is 0 Å². The Labute approximate surface area is 142 Å². The predicted octanol–water partition coefficient (Wildman–Crippen LogP) is 2.38. The highest BCUT2D eigenvalue weighted by atomic mass is 16.7. The maximum Gasteiger partial charge on any atom is 0.238 e. The van der Waals surface area contributed by atoms with E-state index < -0.39 is 11.6 Å². The molecule has 1 aliphatic heterocycles. The van der Waals surface area contributed by atoms with Crippen LogP contribution in [0.15, 0.2) is 60.0 Å². The Morgan fingerprint density at radius 2 is 1.00 bits per heavy atom. The van der Waals surface area contributed by atoms with E-state index in [0.29, 0.717) is 11.1 Å². The van der Waals surface area contributed by atoms with Gasteiger partial charge in [0, 0.05) is 0 Å². The van der Waals surface area contributed by atoms with Crippen LogP contribution in [0.25, 0.3) is 11.1 Å². The number of hydrogen-bond acceptors (Lipinski definition) is 6. The largest absolute Gasteiger partial charge is 0.508 e. The zero-order valence-electron chi connectivity index (χ0n) is 12.9. The first-order valence-electron chi connectivity index (χ1n) is 7.48. The molecule has 0 saturated carbocycles. The Morgan fingerprint density at radius 1 is 0.640 bits per heavy atom. The Balaban J connectivity index is 1.93. The summed E-state index contributed by atoms with van der Waals surface area (Å²) in [6, 6.07) is 11.8. The third-order valence-corrected chi connectivity index (χ3v) is 4.04. The average molecular weight is 336 g/mol. The van der Waals surface area contributed by atoms with Gasteiger partial charge < -0.3 is 19.7 Å². The third kappa shape index (κ3) is 2.35. The Morgan fingerprint density at radius 3 is 1.36 bits per heavy atom. The van der Waals surface area contributed by atoms with Crippen molar-refractivity contribution < 1.29 is 29.3 Å². The Kier molecular flexibility index (Phi) is 3.32. The zero-order valence-corrected chi connectivity index (χ0v) is 12.9. The molecular weight excluding hydrogens is 324 g/mol. The number of ether oxygens (including phenoxy) is 2. The summed E-state index contributed by atoms with van der Waals surface area (Å²) in [7, 11) is 0. The van der Waals surface area contributed by atoms with Crippen LogP contribution in [0.1, 0.15) is 11.1 Å². The molecule has 0 spiro atoms. The molecule has 2 aliphatic rings. The normalized spacial score (nSPS) is 16.6. The second-order valence-electron chi connectivity index (χ2n) is 5.57. The number of phenolic OH excluding ortho intramolecular Hbond substituents is 2. The number of ketones is 2. The molecule has 0 radical (unpaired) electrons. The van der Waals surface area contributed by atoms with E-state index in [4.69, 9.17) is 9.47 Å². The molecule has 1 fully saturated rings. The smallest absolute Gasteiger partial charge is 0.238 e. The van der Waals surface area contributed by atoms with Crippen LogP contribution in [0.5, 0.6) is 11.5 Å². The molecule has 2 N–H and O–H groups in total. The van der Waals surface area contributed by atoms with E-state index >= 15 is 0 Å². The lowest BCUT2D eigenvalue weighted by Crippen LogP contribution is -2.24. The first-order valence-corrected chi connectivity index (χ1v) is 7.48. The maximum atomic E-state index is 12.7. The SMILES string of the molecule is O=C1C(=O)C(c2ccc(O)cc2)=C2OCOC2=C1c1ccc(O)cc1. The lowest BCUT2D eigenvalue weighted by atomic mass is 9.85. The van der Waals surface area contributed by atoms with Gasteiger partial charge in [0.2, 0.25) is 18.4 Å². The molecule has 1 aliphatic carbocycles. The van der Waals surface area contributed by atoms with Crippen molar-refractivity contribution in [1.29, 1.82) is 0 Å². The van der Waals surface area contributed by atoms with Crippen molar-refractivity contribution in [3.8, 4) is 11.5 Å². The fraction of sp³-hybridized carbons (Fsp3) is 0.0526. The van der Waals surface area contributed by atoms with E-state index in [0.717, 1.165) is 0 Å². The van der Waals surface area contributed by atoms with Gasteiger partial charge in [0.05, 0.1) is 11.1 Å². The molecule has 6 nitrogen and oxygen atoms in total. The van der Waals surface area contributed by atoms with Gasteiger partial charge in [0.1, 0.15) is 11.5 Å². The highest BCUT2D eigenvalue weighted by Crippen LogP contribution is 2.41. The van der Waals surface area contributed by atoms with Crippen molar-refractivity contribution in [1.82, 2.24) is 0 Å². The number of phenols is 2. The van der Waals surface area contributed by atoms with Crippen molar-refractivity contribution in [2.45, 2.75) is 0 Å². The molecule has 0 bridgehead atoms. The highest BCUT2D eigenvalue weighted by molar-refractivity contribution is 6.66. The van der Waals surface area contributed by atoms with E-state index in [9.17, 15) is 19.8 Å². The summed E-state index contributed by atoms with van der Waals surface area (Å²) >= 11 is 0. The molecule has 0 aromatic heterocycles. The molecule has 0 atom stereocenters. The zero-order chi connectivity index (χ0) is 17.6. The van der Waals surface area contributed by atoms with Gasteiger partial charge in [-0.25, -0.2) is 0 Å². The van der Waals surface area contributed by atoms with Gasteiger partial charge in [-0.1, -0.05) is 24.3 Å². The number of carbonyl (C=O) groups excluding carboxylic acids is 2. The van der Waals surface area contributed by atoms with Crippen LogP contribution in [0.3, 0.4) is 0 Å². The predicted molar refractivity (Wildman–Crippen MR) is 87.1 cm³/mol. The molecule has 6 heteroatoms. The number of rotatable bonds is 2. The van der Waals surface area contributed by atoms with Crippen LogP contribution in [0, 0.1) is 0 Å². The highest BCUT2D eigenvalue weighted by Gasteiger charge is 2.41. The van der Waals surface area contributed by atoms with Gasteiger partial charge in [-0.3, -0.25) is 9.59 Å². The van der Waals surface area contributed by atoms with Crippen LogP contribution in [-0.2, 0) is 19.1 Å². The minimum Gasteiger partial charge on any atom is -0.508 e. The van der Waals surface area contributed by atoms with Crippen molar-refractivity contribution in [2.75, 3.05) is 6.79 Å². The number of Topliss-reactive ketones (excluding diaryl/α,β-unsaturated/α-hetero) is 2. The number of hydrogen-bond donors (Lipinski definition) is 2. The molecule has 0 amide bonds. The maximum absolute atomic E-state index is 12.7. The standard InChI is InChI=1S/C19H12O6/c20-12-5-1-10(2-6-12)14-16(22)17(23)15(19-18(14)24-9-25-19)11-3-7-13(21)8-4-11/h1-8,20-21H,9H2. The molecule has 0 unspecified atom stereocenters. The van der Waals surface area contributed by atoms with Crippen LogP contribution in [0.4, 0.5) is 0 Å². The first-order chi connectivity index (χ1) is 12.1. The lowest BCUT2D eigenvalue weighted by molar-refractivity contribution is -0.130. The Hall–Kier alpha value is -3.54. The van der Waals surface area contributed by atoms with Gasteiger partial charge in [0.15, 0.2) is 11.5 Å². The second-order valence-corrected chi connectivity index (χ2v) is 5.57. The van der Waals surface area contributed by atoms with E-state index in [-0.39, 0.29) is 41.0 Å². The van der Waals surface area contributed by atoms with E-state index in [1.165, 1.54) is 48.5 Å². The lowest BCUT2D eigenvalue weighted by Gasteiger charge is -2.17. The van der Waals surface area contributed by atoms with Crippen molar-refractivity contribution in [3.63, 3.8) is 0 Å². The van der Waals surface area contributed by atoms with Crippen LogP contribution in [0.2, 0.25) is 0 Å². The molecule has 25 heavy (non-hydrogen) atoms. The number of carbonyl (C=O) groups is 2. The van der Waals surface area contributed by atoms with Crippen LogP contribution < -0.4 is 0 Å². The van der Waals surface area contributed by atoms with Gasteiger partial charge >= 0.3 is 0 Å². The molecule has 1 heterocycles. The molecular formula is C19H12O6. The van der Waals surface area contributed by atoms with Crippen molar-refractivity contribution in [3.05, 3.63) is 71.2 Å². The molecule has 4 rings (SSSR count). The monoisotopic (exact) mass is 336 g/mol. The van der Waals surface area contributed by atoms with Gasteiger partial charge in [0.25, 0.3) is 0 Å². The summed E-state index contributed by atoms with van der Waals surface area (Å²) in [5, 5.41) is 18.8. The summed E-state index contributed by atoms with van der Waals surface area (Å²) in [6.07, 6.45) is 0. The van der Waals surface area contributed by atoms with Gasteiger partial charge in [-0.15, -0.1) is 0 Å². The number of benzene rings is 2. The fourth-order valence-electron chi connectivity index (χ4n) is 2.86. The topological polar surface area (TPSA) is 93.1 Å². The number of aromatic hydroxyl groups is 2. The first kappa shape index (κ1) is 15.0. The quantitative estimate of drug-likeness (QED) is 0.646. The van der Waals surface area contributed by atoms with Crippen LogP contribution in [-0.4, -0.2) is 28.6 Å². The molecule has 1 saturated heterocycles. The summed E-state index contributed by atoms with van der Waals surface area (Å²) in [6.45, 7) is -0.103. The van der Waals surface area contributed by atoms with Crippen LogP contribution >= 0.6 is 0 Å². The molecule has 2 aromatic carbocycles. The minimum atomic E-state index is -0.710. The average Bonchev–Trinajstić information content (AvgIpc) is 3.07. The molecule has 124 valence electrons. The third-order valence-electron chi connectivity index (χ3n) is 4.04. The van der Waals surface area contributed by atoms with Gasteiger partial charge in [-0.2, -0.15) is 0 Å². The summed E-state index contributed by atoms with van der Waals surface area (Å²) in [5.74, 6) is -0.908. The number of fused-ring (bicyclic) bond motifs is 1. The molecule has 2 aromatic rings. The summed E-state index contributed by atoms with van der Waals surface area (Å²) < 4.78 is 10.9. The second kappa shape index (κ2) is 5.52. The Bertz CT molecular complexity index is 869. The minimum absolute atomic E-state index is 0.0491. The van der Waals surface area contributed by atoms with E-state index in [2.05, 4.69) is 0 Å². The van der Waals surface area contributed by atoms with E-state index in [1.54, 1.807) is 0 Å². The van der Waals surface area contributed by atoms with Gasteiger partial charge in [-0.05, 0) is 35.4 Å². The fourth-order valence-corrected chi connectivity index (χ4v) is 2.86.